The normalized spacial score (nSPS) is 11.3. The average Bonchev–Trinajstić information content (AvgIpc) is 3.48. The van der Waals surface area contributed by atoms with Crippen LogP contribution in [0.5, 0.6) is 0 Å². The van der Waals surface area contributed by atoms with Crippen LogP contribution >= 0.6 is 11.8 Å². The second kappa shape index (κ2) is 9.76. The number of hydrogen-bond donors (Lipinski definition) is 2. The van der Waals surface area contributed by atoms with Gasteiger partial charge in [-0.05, 0) is 25.1 Å². The lowest BCUT2D eigenvalue weighted by atomic mass is 10.2. The molecule has 0 unspecified atom stereocenters. The van der Waals surface area contributed by atoms with Crippen molar-refractivity contribution < 1.29 is 4.79 Å². The number of hydrazone groups is 1. The third-order valence-corrected chi connectivity index (χ3v) is 6.23. The van der Waals surface area contributed by atoms with Crippen LogP contribution in [0.3, 0.4) is 0 Å². The molecule has 0 atom stereocenters. The minimum atomic E-state index is -0.221. The molecule has 0 bridgehead atoms. The predicted molar refractivity (Wildman–Crippen MR) is 136 cm³/mol. The highest BCUT2D eigenvalue weighted by atomic mass is 32.2. The van der Waals surface area contributed by atoms with E-state index in [1.807, 2.05) is 96.6 Å². The molecule has 2 N–H and O–H groups in total. The van der Waals surface area contributed by atoms with E-state index in [1.165, 1.54) is 17.3 Å². The largest absolute Gasteiger partial charge is 0.361 e. The third-order valence-electron chi connectivity index (χ3n) is 5.30. The van der Waals surface area contributed by atoms with Crippen molar-refractivity contribution in [3.05, 3.63) is 96.2 Å². The fraction of sp³-hybridized carbons (Fsp3) is 0.0769. The van der Waals surface area contributed by atoms with Crippen LogP contribution < -0.4 is 5.43 Å². The Kier molecular flexibility index (Phi) is 6.22. The lowest BCUT2D eigenvalue weighted by Crippen LogP contribution is -2.20. The Labute approximate surface area is 200 Å². The maximum absolute atomic E-state index is 12.5. The Morgan fingerprint density at radius 3 is 2.62 bits per heavy atom. The number of carbonyl (C=O) groups excluding carboxylic acids is 1. The third kappa shape index (κ3) is 4.62. The van der Waals surface area contributed by atoms with Crippen LogP contribution in [-0.4, -0.2) is 37.6 Å². The van der Waals surface area contributed by atoms with Gasteiger partial charge < -0.3 is 4.98 Å². The van der Waals surface area contributed by atoms with Gasteiger partial charge >= 0.3 is 0 Å². The summed E-state index contributed by atoms with van der Waals surface area (Å²) in [6.45, 7) is 2.05. The van der Waals surface area contributed by atoms with Crippen molar-refractivity contribution in [1.82, 2.24) is 25.2 Å². The zero-order chi connectivity index (χ0) is 23.3. The molecule has 168 valence electrons. The Bertz CT molecular complexity index is 1450. The number of para-hydroxylation sites is 1. The minimum absolute atomic E-state index is 0.157. The van der Waals surface area contributed by atoms with Crippen molar-refractivity contribution in [3.63, 3.8) is 0 Å². The molecule has 34 heavy (non-hydrogen) atoms. The molecule has 8 heteroatoms. The summed E-state index contributed by atoms with van der Waals surface area (Å²) in [5.41, 5.74) is 7.60. The first-order chi connectivity index (χ1) is 16.7. The zero-order valence-electron chi connectivity index (χ0n) is 18.5. The van der Waals surface area contributed by atoms with E-state index in [0.29, 0.717) is 5.16 Å². The van der Waals surface area contributed by atoms with Gasteiger partial charge in [0.2, 0.25) is 0 Å². The van der Waals surface area contributed by atoms with E-state index < -0.39 is 0 Å². The highest BCUT2D eigenvalue weighted by Crippen LogP contribution is 2.28. The van der Waals surface area contributed by atoms with Crippen molar-refractivity contribution in [2.24, 2.45) is 5.10 Å². The first-order valence-electron chi connectivity index (χ1n) is 10.8. The lowest BCUT2D eigenvalue weighted by molar-refractivity contribution is -0.118. The molecule has 0 aliphatic heterocycles. The van der Waals surface area contributed by atoms with Crippen LogP contribution in [0.1, 0.15) is 11.1 Å². The van der Waals surface area contributed by atoms with Crippen LogP contribution in [-0.2, 0) is 4.79 Å². The molecule has 0 aliphatic rings. The molecule has 0 aliphatic carbocycles. The predicted octanol–water partition coefficient (Wildman–Crippen LogP) is 4.97. The number of nitrogens with zero attached hydrogens (tertiary/aromatic N) is 4. The van der Waals surface area contributed by atoms with E-state index in [0.717, 1.165) is 33.5 Å². The molecule has 1 amide bonds. The summed E-state index contributed by atoms with van der Waals surface area (Å²) in [5.74, 6) is 0.662. The molecule has 7 nitrogen and oxygen atoms in total. The number of benzene rings is 3. The average molecular weight is 467 g/mol. The molecule has 2 heterocycles. The molecule has 3 aromatic carbocycles. The van der Waals surface area contributed by atoms with Crippen LogP contribution in [0.15, 0.2) is 95.3 Å². The molecule has 0 fully saturated rings. The van der Waals surface area contributed by atoms with Crippen LogP contribution in [0.25, 0.3) is 28.0 Å². The van der Waals surface area contributed by atoms with Gasteiger partial charge in [0.15, 0.2) is 11.0 Å². The quantitative estimate of drug-likeness (QED) is 0.201. The highest BCUT2D eigenvalue weighted by Gasteiger charge is 2.17. The molecule has 0 saturated carbocycles. The first kappa shape index (κ1) is 21.7. The molecule has 0 spiro atoms. The van der Waals surface area contributed by atoms with Gasteiger partial charge in [0.05, 0.1) is 12.0 Å². The second-order valence-electron chi connectivity index (χ2n) is 7.71. The fourth-order valence-corrected chi connectivity index (χ4v) is 4.35. The van der Waals surface area contributed by atoms with Gasteiger partial charge in [0, 0.05) is 33.9 Å². The van der Waals surface area contributed by atoms with Gasteiger partial charge in [-0.25, -0.2) is 5.43 Å². The van der Waals surface area contributed by atoms with Gasteiger partial charge in [-0.1, -0.05) is 78.0 Å². The van der Waals surface area contributed by atoms with Crippen molar-refractivity contribution in [2.75, 3.05) is 5.75 Å². The molecule has 5 rings (SSSR count). The van der Waals surface area contributed by atoms with E-state index in [2.05, 4.69) is 25.7 Å². The summed E-state index contributed by atoms with van der Waals surface area (Å²) in [4.78, 5) is 15.7. The van der Waals surface area contributed by atoms with Gasteiger partial charge in [0.25, 0.3) is 5.91 Å². The summed E-state index contributed by atoms with van der Waals surface area (Å²) < 4.78 is 1.97. The van der Waals surface area contributed by atoms with Crippen molar-refractivity contribution >= 4 is 34.8 Å². The Morgan fingerprint density at radius 2 is 1.79 bits per heavy atom. The molecule has 5 aromatic rings. The second-order valence-corrected chi connectivity index (χ2v) is 8.66. The summed E-state index contributed by atoms with van der Waals surface area (Å²) in [5, 5.41) is 14.6. The van der Waals surface area contributed by atoms with E-state index in [1.54, 1.807) is 6.21 Å². The van der Waals surface area contributed by atoms with E-state index in [4.69, 9.17) is 0 Å². The number of thioether (sulfide) groups is 1. The monoisotopic (exact) mass is 466 g/mol. The van der Waals surface area contributed by atoms with Gasteiger partial charge in [0.1, 0.15) is 0 Å². The fourth-order valence-electron chi connectivity index (χ4n) is 3.60. The summed E-state index contributed by atoms with van der Waals surface area (Å²) in [7, 11) is 0. The first-order valence-corrected chi connectivity index (χ1v) is 11.8. The maximum Gasteiger partial charge on any atom is 0.250 e. The highest BCUT2D eigenvalue weighted by molar-refractivity contribution is 7.99. The van der Waals surface area contributed by atoms with Gasteiger partial charge in [-0.3, -0.25) is 9.36 Å². The molecule has 0 saturated heterocycles. The van der Waals surface area contributed by atoms with E-state index in [9.17, 15) is 4.79 Å². The Hall–Kier alpha value is -4.17. The molecular formula is C26H22N6OS. The number of carbonyl (C=O) groups is 1. The zero-order valence-corrected chi connectivity index (χ0v) is 19.3. The number of fused-ring (bicyclic) bond motifs is 1. The van der Waals surface area contributed by atoms with Crippen LogP contribution in [0.4, 0.5) is 0 Å². The number of aryl methyl sites for hydroxylation is 1. The number of hydrogen-bond acceptors (Lipinski definition) is 5. The maximum atomic E-state index is 12.5. The summed E-state index contributed by atoms with van der Waals surface area (Å²) in [6, 6.07) is 26.0. The number of rotatable bonds is 7. The van der Waals surface area contributed by atoms with E-state index in [-0.39, 0.29) is 11.7 Å². The van der Waals surface area contributed by atoms with Crippen LogP contribution in [0.2, 0.25) is 0 Å². The smallest absolute Gasteiger partial charge is 0.250 e. The number of amides is 1. The number of H-pyrrole nitrogens is 1. The SMILES string of the molecule is Cc1ccc(-n2c(SCC(=O)N/N=C/c3c[nH]c4ccccc34)nnc2-c2ccccc2)cc1. The number of aromatic nitrogens is 4. The number of nitrogens with one attached hydrogen (secondary N) is 2. The molecular weight excluding hydrogens is 444 g/mol. The Balaban J connectivity index is 1.31. The van der Waals surface area contributed by atoms with Crippen LogP contribution in [0, 0.1) is 6.92 Å². The molecule has 2 aromatic heterocycles. The standard InChI is InChI=1S/C26H22N6OS/c1-18-11-13-21(14-12-18)32-25(19-7-3-2-4-8-19)30-31-26(32)34-17-24(33)29-28-16-20-15-27-23-10-6-5-9-22(20)23/h2-16,27H,17H2,1H3,(H,29,33)/b28-16+. The van der Waals surface area contributed by atoms with Crippen molar-refractivity contribution in [1.29, 1.82) is 0 Å². The van der Waals surface area contributed by atoms with Gasteiger partial charge in [-0.2, -0.15) is 5.10 Å². The van der Waals surface area contributed by atoms with Crippen molar-refractivity contribution in [3.8, 4) is 17.1 Å². The summed E-state index contributed by atoms with van der Waals surface area (Å²) >= 11 is 1.32. The number of aromatic amines is 1. The minimum Gasteiger partial charge on any atom is -0.361 e. The van der Waals surface area contributed by atoms with Gasteiger partial charge in [-0.15, -0.1) is 10.2 Å². The van der Waals surface area contributed by atoms with E-state index >= 15 is 0 Å². The molecule has 0 radical (unpaired) electrons. The lowest BCUT2D eigenvalue weighted by Gasteiger charge is -2.10. The topological polar surface area (TPSA) is 88.0 Å². The van der Waals surface area contributed by atoms with Crippen molar-refractivity contribution in [2.45, 2.75) is 12.1 Å². The Morgan fingerprint density at radius 1 is 1.03 bits per heavy atom. The summed E-state index contributed by atoms with van der Waals surface area (Å²) in [6.07, 6.45) is 3.51.